The molecule has 2 aliphatic heterocycles. The molecule has 0 saturated heterocycles. The molecule has 0 saturated carbocycles. The predicted octanol–water partition coefficient (Wildman–Crippen LogP) is 14.9. The highest BCUT2D eigenvalue weighted by Gasteiger charge is 2.45. The second-order valence-corrected chi connectivity index (χ2v) is 24.4. The van der Waals surface area contributed by atoms with Gasteiger partial charge < -0.3 is 9.80 Å². The molecule has 0 radical (unpaired) electrons. The molecule has 1 aliphatic carbocycles. The molecule has 0 N–H and O–H groups in total. The molecule has 5 aromatic rings. The number of fused-ring (bicyclic) bond motifs is 4. The first kappa shape index (κ1) is 43.9. The third-order valence-corrected chi connectivity index (χ3v) is 14.4. The van der Waals surface area contributed by atoms with Crippen molar-refractivity contribution in [2.24, 2.45) is 5.41 Å². The quantitative estimate of drug-likeness (QED) is 0.163. The minimum absolute atomic E-state index is 0.00812. The number of hydrogen-bond acceptors (Lipinski definition) is 2. The van der Waals surface area contributed by atoms with Crippen LogP contribution in [0.5, 0.6) is 0 Å². The van der Waals surface area contributed by atoms with Crippen LogP contribution < -0.4 is 26.2 Å². The highest BCUT2D eigenvalue weighted by atomic mass is 15.2. The maximum atomic E-state index is 2.61. The molecule has 0 spiro atoms. The normalized spacial score (nSPS) is 15.8. The summed E-state index contributed by atoms with van der Waals surface area (Å²) < 4.78 is 0. The fourth-order valence-corrected chi connectivity index (χ4v) is 10.0. The van der Waals surface area contributed by atoms with Crippen LogP contribution in [0.15, 0.2) is 120 Å². The van der Waals surface area contributed by atoms with Gasteiger partial charge in [0.05, 0.1) is 0 Å². The molecule has 62 heavy (non-hydrogen) atoms. The van der Waals surface area contributed by atoms with Crippen molar-refractivity contribution in [3.63, 3.8) is 0 Å². The molecule has 0 aromatic heterocycles. The molecule has 8 rings (SSSR count). The zero-order chi connectivity index (χ0) is 45.1. The average molecular weight is 821 g/mol. The van der Waals surface area contributed by atoms with E-state index in [1.807, 2.05) is 0 Å². The summed E-state index contributed by atoms with van der Waals surface area (Å²) in [4.78, 5) is 5.21. The zero-order valence-electron chi connectivity index (χ0n) is 41.3. The summed E-state index contributed by atoms with van der Waals surface area (Å²) in [6.07, 6.45) is 7.05. The summed E-state index contributed by atoms with van der Waals surface area (Å²) in [5.41, 5.74) is 21.5. The minimum atomic E-state index is -0.211. The van der Waals surface area contributed by atoms with E-state index in [0.29, 0.717) is 0 Å². The standard InChI is InChI=1S/C59H73BN2/c1-54(2,3)38-18-20-41(21-19-38)59(16,17)44-36-51-53-52(37-44)62(46-30-24-40(25-31-46)56(7,8)9)50-33-27-43(58(13,14)15)35-48(50)60(53)47-34-42(57(10,11)12)26-32-49(47)61(51)45-28-22-39(23-29-45)55(4,5)6/h18,20,22-37H,19,21H2,1-17H3. The number of allylic oxidation sites excluding steroid dienone is 4. The molecule has 0 unspecified atom stereocenters. The molecule has 2 heterocycles. The molecule has 322 valence electrons. The van der Waals surface area contributed by atoms with Crippen molar-refractivity contribution in [1.82, 2.24) is 0 Å². The highest BCUT2D eigenvalue weighted by Crippen LogP contribution is 2.49. The van der Waals surface area contributed by atoms with Crippen LogP contribution in [0, 0.1) is 5.41 Å². The van der Waals surface area contributed by atoms with Crippen molar-refractivity contribution in [3.8, 4) is 0 Å². The van der Waals surface area contributed by atoms with Gasteiger partial charge in [-0.25, -0.2) is 0 Å². The summed E-state index contributed by atoms with van der Waals surface area (Å²) in [5.74, 6) is 0. The monoisotopic (exact) mass is 821 g/mol. The molecule has 0 fully saturated rings. The van der Waals surface area contributed by atoms with Gasteiger partial charge in [0.1, 0.15) is 0 Å². The summed E-state index contributed by atoms with van der Waals surface area (Å²) in [5, 5.41) is 0. The van der Waals surface area contributed by atoms with Crippen LogP contribution in [0.3, 0.4) is 0 Å². The van der Waals surface area contributed by atoms with Gasteiger partial charge in [0.25, 0.3) is 6.71 Å². The van der Waals surface area contributed by atoms with E-state index in [0.717, 1.165) is 12.8 Å². The summed E-state index contributed by atoms with van der Waals surface area (Å²) >= 11 is 0. The predicted molar refractivity (Wildman–Crippen MR) is 273 cm³/mol. The van der Waals surface area contributed by atoms with E-state index in [2.05, 4.69) is 237 Å². The van der Waals surface area contributed by atoms with Gasteiger partial charge in [-0.2, -0.15) is 0 Å². The Bertz CT molecular complexity index is 2450. The van der Waals surface area contributed by atoms with Crippen molar-refractivity contribution in [3.05, 3.63) is 148 Å². The van der Waals surface area contributed by atoms with Crippen molar-refractivity contribution < 1.29 is 0 Å². The Morgan fingerprint density at radius 1 is 0.355 bits per heavy atom. The highest BCUT2D eigenvalue weighted by molar-refractivity contribution is 7.00. The molecule has 0 bridgehead atoms. The average Bonchev–Trinajstić information content (AvgIpc) is 3.18. The number of nitrogens with zero attached hydrogens (tertiary/aromatic N) is 2. The Balaban J connectivity index is 1.49. The second-order valence-electron chi connectivity index (χ2n) is 24.4. The molecular formula is C59H73BN2. The lowest BCUT2D eigenvalue weighted by atomic mass is 9.33. The van der Waals surface area contributed by atoms with Crippen LogP contribution in [-0.2, 0) is 27.1 Å². The van der Waals surface area contributed by atoms with Crippen LogP contribution >= 0.6 is 0 Å². The van der Waals surface area contributed by atoms with E-state index in [-0.39, 0.29) is 39.2 Å². The van der Waals surface area contributed by atoms with Gasteiger partial charge in [-0.15, -0.1) is 0 Å². The van der Waals surface area contributed by atoms with E-state index in [1.54, 1.807) is 0 Å². The third kappa shape index (κ3) is 7.71. The van der Waals surface area contributed by atoms with Gasteiger partial charge in [0, 0.05) is 39.5 Å². The molecule has 5 aromatic carbocycles. The van der Waals surface area contributed by atoms with Gasteiger partial charge in [0.15, 0.2) is 0 Å². The van der Waals surface area contributed by atoms with Gasteiger partial charge in [-0.3, -0.25) is 0 Å². The fraction of sp³-hybridized carbons (Fsp3) is 0.424. The molecule has 3 heteroatoms. The Kier molecular flexibility index (Phi) is 10.4. The van der Waals surface area contributed by atoms with E-state index < -0.39 is 0 Å². The number of benzene rings is 5. The first-order chi connectivity index (χ1) is 28.7. The molecule has 0 amide bonds. The van der Waals surface area contributed by atoms with Crippen molar-refractivity contribution >= 4 is 57.2 Å². The van der Waals surface area contributed by atoms with Gasteiger partial charge in [-0.05, 0) is 133 Å². The molecular weight excluding hydrogens is 747 g/mol. The summed E-state index contributed by atoms with van der Waals surface area (Å²) in [6, 6.07) is 38.8. The Morgan fingerprint density at radius 2 is 0.710 bits per heavy atom. The Labute approximate surface area is 376 Å². The first-order valence-corrected chi connectivity index (χ1v) is 23.3. The lowest BCUT2D eigenvalue weighted by Crippen LogP contribution is -2.61. The van der Waals surface area contributed by atoms with Gasteiger partial charge in [0.2, 0.25) is 0 Å². The van der Waals surface area contributed by atoms with Crippen LogP contribution in [-0.4, -0.2) is 6.71 Å². The second kappa shape index (κ2) is 14.7. The lowest BCUT2D eigenvalue weighted by Gasteiger charge is -2.46. The maximum Gasteiger partial charge on any atom is 0.252 e. The van der Waals surface area contributed by atoms with E-state index >= 15 is 0 Å². The van der Waals surface area contributed by atoms with Crippen LogP contribution in [0.4, 0.5) is 34.1 Å². The fourth-order valence-electron chi connectivity index (χ4n) is 10.0. The van der Waals surface area contributed by atoms with Crippen LogP contribution in [0.2, 0.25) is 0 Å². The van der Waals surface area contributed by atoms with Crippen molar-refractivity contribution in [2.45, 2.75) is 158 Å². The minimum Gasteiger partial charge on any atom is -0.311 e. The van der Waals surface area contributed by atoms with Crippen LogP contribution in [0.25, 0.3) is 0 Å². The largest absolute Gasteiger partial charge is 0.311 e. The van der Waals surface area contributed by atoms with Gasteiger partial charge >= 0.3 is 0 Å². The topological polar surface area (TPSA) is 6.48 Å². The number of anilines is 6. The van der Waals surface area contributed by atoms with Crippen molar-refractivity contribution in [1.29, 1.82) is 0 Å². The summed E-state index contributed by atoms with van der Waals surface area (Å²) in [6.45, 7) is 40.0. The molecule has 3 aliphatic rings. The van der Waals surface area contributed by atoms with Crippen LogP contribution in [0.1, 0.15) is 158 Å². The molecule has 0 atom stereocenters. The SMILES string of the molecule is CC(C)(C)C1=CC=C(C(C)(C)c2cc3c4c(c2)N(c2ccc(C(C)(C)C)cc2)c2ccc(C(C)(C)C)cc2B4c2cc(C(C)(C)C)ccc2N3c2ccc(C(C)(C)C)cc2)CC1. The zero-order valence-corrected chi connectivity index (χ0v) is 41.3. The van der Waals surface area contributed by atoms with E-state index in [1.165, 1.54) is 89.5 Å². The maximum absolute atomic E-state index is 2.61. The Morgan fingerprint density at radius 3 is 1.05 bits per heavy atom. The number of hydrogen-bond donors (Lipinski definition) is 0. The van der Waals surface area contributed by atoms with Gasteiger partial charge in [-0.1, -0.05) is 190 Å². The first-order valence-electron chi connectivity index (χ1n) is 23.3. The molecule has 2 nitrogen and oxygen atoms in total. The lowest BCUT2D eigenvalue weighted by molar-refractivity contribution is 0.470. The number of rotatable bonds is 4. The van der Waals surface area contributed by atoms with E-state index in [9.17, 15) is 0 Å². The van der Waals surface area contributed by atoms with Crippen molar-refractivity contribution in [2.75, 3.05) is 9.80 Å². The van der Waals surface area contributed by atoms with E-state index in [4.69, 9.17) is 0 Å². The summed E-state index contributed by atoms with van der Waals surface area (Å²) in [7, 11) is 0. The third-order valence-electron chi connectivity index (χ3n) is 14.4. The smallest absolute Gasteiger partial charge is 0.252 e. The Hall–Kier alpha value is -4.76.